The van der Waals surface area contributed by atoms with E-state index in [2.05, 4.69) is 27.6 Å². The van der Waals surface area contributed by atoms with E-state index in [0.29, 0.717) is 26.0 Å². The highest BCUT2D eigenvalue weighted by Crippen LogP contribution is 2.19. The second kappa shape index (κ2) is 28.4. The molecule has 1 aromatic heterocycles. The maximum atomic E-state index is 12.6. The van der Waals surface area contributed by atoms with Crippen LogP contribution in [0, 0.1) is 0 Å². The van der Waals surface area contributed by atoms with Gasteiger partial charge in [0.25, 0.3) is 0 Å². The molecule has 1 fully saturated rings. The lowest BCUT2D eigenvalue weighted by atomic mass is 10.0. The number of alkyl carbamates (subject to hydrolysis) is 2. The first-order valence-electron chi connectivity index (χ1n) is 19.1. The van der Waals surface area contributed by atoms with Crippen LogP contribution < -0.4 is 15.2 Å². The summed E-state index contributed by atoms with van der Waals surface area (Å²) >= 11 is 1.66. The molecular formula is C37H66N3O7S+. The quantitative estimate of drug-likeness (QED) is 0.0391. The fourth-order valence-corrected chi connectivity index (χ4v) is 6.64. The highest BCUT2D eigenvalue weighted by Gasteiger charge is 2.31. The standard InChI is InChI=1S/C37H65N3O7S/c1-3-5-6-7-8-9-10-11-12-13-14-15-16-17-20-25-38-36(42)47-33-24-22-28-45-34(33)30-46-37(43)39-32(35(41)44-4-2)23-19-18-21-26-40-27-29-48-31-40/h27,29,31-34H,3-26,28,30H2,1-2H3,(H-,38,39,42,43)/p+1/t32?,33-,34+/m1/s1. The van der Waals surface area contributed by atoms with Crippen molar-refractivity contribution in [2.45, 2.75) is 173 Å². The number of hydrogen-bond acceptors (Lipinski definition) is 8. The molecule has 2 amide bonds. The second-order valence-corrected chi connectivity index (χ2v) is 13.8. The number of hydrogen-bond donors (Lipinski definition) is 2. The van der Waals surface area contributed by atoms with Gasteiger partial charge in [-0.15, -0.1) is 0 Å². The van der Waals surface area contributed by atoms with Gasteiger partial charge in [-0.2, -0.15) is 4.57 Å². The number of nitrogens with zero attached hydrogens (tertiary/aromatic N) is 1. The first-order valence-corrected chi connectivity index (χ1v) is 20.0. The maximum Gasteiger partial charge on any atom is 0.407 e. The van der Waals surface area contributed by atoms with Crippen LogP contribution in [0.4, 0.5) is 9.59 Å². The second-order valence-electron chi connectivity index (χ2n) is 13.0. The van der Waals surface area contributed by atoms with E-state index < -0.39 is 36.4 Å². The average Bonchev–Trinajstić information content (AvgIpc) is 3.61. The Kier molecular flexibility index (Phi) is 24.7. The Labute approximate surface area is 294 Å². The summed E-state index contributed by atoms with van der Waals surface area (Å²) in [6, 6.07) is -0.781. The zero-order valence-electron chi connectivity index (χ0n) is 30.1. The first kappa shape index (κ1) is 41.8. The lowest BCUT2D eigenvalue weighted by Crippen LogP contribution is -2.46. The molecule has 0 spiro atoms. The van der Waals surface area contributed by atoms with Crippen LogP contribution in [0.3, 0.4) is 0 Å². The first-order chi connectivity index (χ1) is 23.5. The molecule has 0 radical (unpaired) electrons. The van der Waals surface area contributed by atoms with E-state index in [1.165, 1.54) is 83.5 Å². The highest BCUT2D eigenvalue weighted by atomic mass is 32.1. The molecule has 10 nitrogen and oxygen atoms in total. The average molecular weight is 697 g/mol. The topological polar surface area (TPSA) is 116 Å². The number of carbonyl (C=O) groups excluding carboxylic acids is 3. The van der Waals surface area contributed by atoms with Crippen LogP contribution in [0.1, 0.15) is 149 Å². The van der Waals surface area contributed by atoms with Crippen molar-refractivity contribution in [3.8, 4) is 0 Å². The van der Waals surface area contributed by atoms with Crippen LogP contribution >= 0.6 is 11.3 Å². The van der Waals surface area contributed by atoms with Crippen molar-refractivity contribution < 1.29 is 37.9 Å². The van der Waals surface area contributed by atoms with Crippen molar-refractivity contribution in [1.82, 2.24) is 10.6 Å². The van der Waals surface area contributed by atoms with Gasteiger partial charge in [0.1, 0.15) is 31.4 Å². The van der Waals surface area contributed by atoms with Gasteiger partial charge in [-0.05, 0) is 39.0 Å². The van der Waals surface area contributed by atoms with Crippen LogP contribution in [0.25, 0.3) is 0 Å². The number of thiazole rings is 1. The molecule has 3 atom stereocenters. The smallest absolute Gasteiger partial charge is 0.407 e. The van der Waals surface area contributed by atoms with Crippen LogP contribution in [0.15, 0.2) is 17.1 Å². The summed E-state index contributed by atoms with van der Waals surface area (Å²) in [6.45, 7) is 6.17. The third-order valence-corrected chi connectivity index (χ3v) is 9.54. The van der Waals surface area contributed by atoms with Crippen LogP contribution in [0.2, 0.25) is 0 Å². The molecule has 1 saturated heterocycles. The minimum absolute atomic E-state index is 0.0732. The van der Waals surface area contributed by atoms with Crippen molar-refractivity contribution in [2.24, 2.45) is 0 Å². The van der Waals surface area contributed by atoms with Crippen molar-refractivity contribution in [3.63, 3.8) is 0 Å². The molecule has 1 aliphatic heterocycles. The van der Waals surface area contributed by atoms with E-state index in [1.807, 2.05) is 11.6 Å². The monoisotopic (exact) mass is 696 g/mol. The highest BCUT2D eigenvalue weighted by molar-refractivity contribution is 7.07. The minimum Gasteiger partial charge on any atom is -0.464 e. The van der Waals surface area contributed by atoms with Crippen LogP contribution in [-0.4, -0.2) is 62.8 Å². The number of aromatic nitrogens is 1. The molecule has 1 unspecified atom stereocenters. The summed E-state index contributed by atoms with van der Waals surface area (Å²) in [5.74, 6) is -0.470. The molecule has 0 bridgehead atoms. The maximum absolute atomic E-state index is 12.6. The summed E-state index contributed by atoms with van der Waals surface area (Å²) in [5.41, 5.74) is 2.07. The van der Waals surface area contributed by atoms with Gasteiger partial charge in [-0.1, -0.05) is 115 Å². The Balaban J connectivity index is 1.54. The zero-order chi connectivity index (χ0) is 34.5. The van der Waals surface area contributed by atoms with Crippen molar-refractivity contribution in [2.75, 3.05) is 26.4 Å². The number of esters is 1. The SMILES string of the molecule is CCCCCCCCCCCCCCCCCNC(=O)O[C@@H]1CCCO[C@H]1COC(=O)NC(CCCCC[n+]1ccsc1)C(=O)OCC. The molecular weight excluding hydrogens is 630 g/mol. The van der Waals surface area contributed by atoms with E-state index in [-0.39, 0.29) is 13.2 Å². The van der Waals surface area contributed by atoms with Crippen molar-refractivity contribution in [3.05, 3.63) is 17.1 Å². The van der Waals surface area contributed by atoms with Gasteiger partial charge in [-0.25, -0.2) is 14.4 Å². The van der Waals surface area contributed by atoms with Gasteiger partial charge < -0.3 is 29.6 Å². The minimum atomic E-state index is -0.781. The van der Waals surface area contributed by atoms with Crippen LogP contribution in [0.5, 0.6) is 0 Å². The number of nitrogens with one attached hydrogen (secondary N) is 2. The number of rotatable bonds is 28. The summed E-state index contributed by atoms with van der Waals surface area (Å²) in [7, 11) is 0. The summed E-state index contributed by atoms with van der Waals surface area (Å²) < 4.78 is 24.2. The third kappa shape index (κ3) is 20.9. The normalized spacial score (nSPS) is 16.6. The zero-order valence-corrected chi connectivity index (χ0v) is 30.9. The molecule has 1 aliphatic rings. The number of ether oxygens (including phenoxy) is 4. The largest absolute Gasteiger partial charge is 0.464 e. The van der Waals surface area contributed by atoms with Gasteiger partial charge in [0.05, 0.1) is 12.0 Å². The predicted octanol–water partition coefficient (Wildman–Crippen LogP) is 8.40. The third-order valence-electron chi connectivity index (χ3n) is 8.87. The molecule has 0 aromatic carbocycles. The summed E-state index contributed by atoms with van der Waals surface area (Å²) in [6.07, 6.45) is 23.9. The number of carbonyl (C=O) groups is 3. The van der Waals surface area contributed by atoms with Gasteiger partial charge in [0.15, 0.2) is 6.20 Å². The van der Waals surface area contributed by atoms with E-state index >= 15 is 0 Å². The predicted molar refractivity (Wildman–Crippen MR) is 190 cm³/mol. The lowest BCUT2D eigenvalue weighted by molar-refractivity contribution is -0.692. The van der Waals surface area contributed by atoms with E-state index in [0.717, 1.165) is 45.1 Å². The van der Waals surface area contributed by atoms with Gasteiger partial charge in [0, 0.05) is 19.6 Å². The number of amides is 2. The summed E-state index contributed by atoms with van der Waals surface area (Å²) in [4.78, 5) is 37.6. The lowest BCUT2D eigenvalue weighted by Gasteiger charge is -2.31. The van der Waals surface area contributed by atoms with Crippen molar-refractivity contribution >= 4 is 29.5 Å². The Morgan fingerprint density at radius 1 is 0.833 bits per heavy atom. The molecule has 0 saturated carbocycles. The van der Waals surface area contributed by atoms with E-state index in [1.54, 1.807) is 18.3 Å². The Hall–Kier alpha value is -2.40. The van der Waals surface area contributed by atoms with Gasteiger partial charge in [0.2, 0.25) is 5.51 Å². The van der Waals surface area contributed by atoms with Crippen LogP contribution in [-0.2, 0) is 30.3 Å². The number of unbranched alkanes of at least 4 members (excludes halogenated alkanes) is 16. The Bertz CT molecular complexity index is 949. The fraction of sp³-hybridized carbons (Fsp3) is 0.838. The molecule has 2 heterocycles. The fourth-order valence-electron chi connectivity index (χ4n) is 6.01. The van der Waals surface area contributed by atoms with Crippen molar-refractivity contribution in [1.29, 1.82) is 0 Å². The molecule has 1 aromatic rings. The molecule has 2 N–H and O–H groups in total. The molecule has 276 valence electrons. The molecule has 0 aliphatic carbocycles. The van der Waals surface area contributed by atoms with Gasteiger partial charge in [-0.3, -0.25) is 0 Å². The Morgan fingerprint density at radius 2 is 1.48 bits per heavy atom. The van der Waals surface area contributed by atoms with Gasteiger partial charge >= 0.3 is 18.2 Å². The molecule has 2 rings (SSSR count). The molecule has 11 heteroatoms. The van der Waals surface area contributed by atoms with E-state index in [9.17, 15) is 14.4 Å². The Morgan fingerprint density at radius 3 is 2.10 bits per heavy atom. The summed E-state index contributed by atoms with van der Waals surface area (Å²) in [5, 5.41) is 7.56. The van der Waals surface area contributed by atoms with E-state index in [4.69, 9.17) is 18.9 Å². The molecule has 48 heavy (non-hydrogen) atoms. The number of aryl methyl sites for hydroxylation is 1.